The standard InChI is InChI=1S/C25H42N4O4S.C24H40N4O4S/c1-17(2)16-22-18(3)20(5)23(21(6)19(22)4)28-12-14-29(15-13-28)34(32,33)25(24(30)26-31)8-10-27(7)11-9-25;1-16(2)15-21-17(3)19(5)22(20(6)18(21)4)27-11-13-28(14-12-27)33(31,32)24(23(29)26-30)7-9-25-10-8-24/h17,31H,8-16H2,1-7H3,(H,26,30);16,25,30H,7-15H2,1-6H3,(H,26,29). The van der Waals surface area contributed by atoms with Crippen LogP contribution in [0.2, 0.25) is 0 Å². The Morgan fingerprint density at radius 1 is 0.522 bits per heavy atom. The largest absolute Gasteiger partial charge is 0.368 e. The van der Waals surface area contributed by atoms with E-state index in [4.69, 9.17) is 0 Å². The predicted octanol–water partition coefficient (Wildman–Crippen LogP) is 4.74. The lowest BCUT2D eigenvalue weighted by Crippen LogP contribution is -2.63. The quantitative estimate of drug-likeness (QED) is 0.145. The number of hydrogen-bond donors (Lipinski definition) is 5. The van der Waals surface area contributed by atoms with E-state index in [1.807, 2.05) is 11.9 Å². The van der Waals surface area contributed by atoms with E-state index in [-0.39, 0.29) is 25.7 Å². The highest BCUT2D eigenvalue weighted by Crippen LogP contribution is 2.39. The summed E-state index contributed by atoms with van der Waals surface area (Å²) in [6.07, 6.45) is 2.75. The maximum atomic E-state index is 13.7. The molecule has 4 saturated heterocycles. The Kier molecular flexibility index (Phi) is 17.7. The molecule has 0 aromatic heterocycles. The average molecular weight is 975 g/mol. The third-order valence-corrected chi connectivity index (χ3v) is 21.0. The fourth-order valence-corrected chi connectivity index (χ4v) is 15.4. The normalized spacial score (nSPS) is 19.9. The first-order chi connectivity index (χ1) is 31.3. The fourth-order valence-electron chi connectivity index (χ4n) is 11.1. The molecule has 0 radical (unpaired) electrons. The van der Waals surface area contributed by atoms with Crippen molar-refractivity contribution in [2.45, 2.75) is 131 Å². The number of rotatable bonds is 12. The van der Waals surface area contributed by atoms with Gasteiger partial charge in [-0.2, -0.15) is 8.61 Å². The summed E-state index contributed by atoms with van der Waals surface area (Å²) in [5.41, 5.74) is 18.9. The number of piperazine rings is 2. The number of piperidine rings is 2. The van der Waals surface area contributed by atoms with Crippen LogP contribution in [0.4, 0.5) is 11.4 Å². The number of hydrogen-bond acceptors (Lipinski definition) is 12. The molecule has 4 heterocycles. The number of nitrogens with zero attached hydrogens (tertiary/aromatic N) is 5. The second kappa shape index (κ2) is 21.7. The number of benzene rings is 2. The van der Waals surface area contributed by atoms with Gasteiger partial charge in [-0.05, 0) is 195 Å². The van der Waals surface area contributed by atoms with E-state index >= 15 is 0 Å². The van der Waals surface area contributed by atoms with E-state index in [0.717, 1.165) is 12.8 Å². The lowest BCUT2D eigenvalue weighted by molar-refractivity contribution is -0.133. The average Bonchev–Trinajstić information content (AvgIpc) is 3.31. The summed E-state index contributed by atoms with van der Waals surface area (Å²) in [5.74, 6) is -0.482. The summed E-state index contributed by atoms with van der Waals surface area (Å²) in [4.78, 5) is 31.8. The Morgan fingerprint density at radius 2 is 0.821 bits per heavy atom. The van der Waals surface area contributed by atoms with Gasteiger partial charge in [0, 0.05) is 63.7 Å². The molecule has 0 unspecified atom stereocenters. The van der Waals surface area contributed by atoms with Crippen LogP contribution in [0.1, 0.15) is 109 Å². The van der Waals surface area contributed by atoms with Crippen LogP contribution in [-0.4, -0.2) is 148 Å². The summed E-state index contributed by atoms with van der Waals surface area (Å²) < 4.78 is 54.3. The Labute approximate surface area is 402 Å². The molecule has 4 fully saturated rings. The molecule has 0 spiro atoms. The lowest BCUT2D eigenvalue weighted by atomic mass is 9.87. The summed E-state index contributed by atoms with van der Waals surface area (Å²) in [6.45, 7) is 31.8. The van der Waals surface area contributed by atoms with Crippen molar-refractivity contribution in [1.29, 1.82) is 0 Å². The molecule has 67 heavy (non-hydrogen) atoms. The number of sulfonamides is 2. The van der Waals surface area contributed by atoms with Gasteiger partial charge in [-0.3, -0.25) is 20.0 Å². The third kappa shape index (κ3) is 10.4. The summed E-state index contributed by atoms with van der Waals surface area (Å²) in [7, 11) is -5.95. The zero-order chi connectivity index (χ0) is 50.0. The van der Waals surface area contributed by atoms with E-state index in [1.165, 1.54) is 75.6 Å². The van der Waals surface area contributed by atoms with E-state index in [1.54, 1.807) is 11.0 Å². The topological polar surface area (TPSA) is 195 Å². The highest BCUT2D eigenvalue weighted by Gasteiger charge is 2.56. The highest BCUT2D eigenvalue weighted by atomic mass is 32.2. The first-order valence-corrected chi connectivity index (χ1v) is 27.2. The number of likely N-dealkylation sites (tertiary alicyclic amines) is 1. The molecular weight excluding hydrogens is 893 g/mol. The number of nitrogens with one attached hydrogen (secondary N) is 3. The first-order valence-electron chi connectivity index (χ1n) is 24.3. The zero-order valence-corrected chi connectivity index (χ0v) is 44.4. The number of hydroxylamine groups is 2. The van der Waals surface area contributed by atoms with Gasteiger partial charge in [0.2, 0.25) is 20.0 Å². The molecule has 2 aromatic rings. The molecule has 378 valence electrons. The zero-order valence-electron chi connectivity index (χ0n) is 42.8. The van der Waals surface area contributed by atoms with Crippen LogP contribution in [0.25, 0.3) is 0 Å². The molecular formula is C49H82N8O8S2. The molecule has 5 N–H and O–H groups in total. The number of amides is 2. The molecule has 2 amide bonds. The van der Waals surface area contributed by atoms with E-state index in [0.29, 0.717) is 90.4 Å². The fraction of sp³-hybridized carbons (Fsp3) is 0.714. The molecule has 0 aliphatic carbocycles. The van der Waals surface area contributed by atoms with E-state index in [2.05, 4.69) is 98.2 Å². The molecule has 2 aromatic carbocycles. The second-order valence-corrected chi connectivity index (χ2v) is 25.1. The van der Waals surface area contributed by atoms with Gasteiger partial charge < -0.3 is 20.0 Å². The minimum atomic E-state index is -3.94. The molecule has 0 atom stereocenters. The maximum absolute atomic E-state index is 13.7. The second-order valence-electron chi connectivity index (χ2n) is 20.6. The van der Waals surface area contributed by atoms with Gasteiger partial charge in [0.1, 0.15) is 0 Å². The van der Waals surface area contributed by atoms with Crippen LogP contribution in [0.15, 0.2) is 0 Å². The van der Waals surface area contributed by atoms with Crippen LogP contribution < -0.4 is 26.1 Å². The Morgan fingerprint density at radius 3 is 1.10 bits per heavy atom. The van der Waals surface area contributed by atoms with Crippen molar-refractivity contribution in [3.05, 3.63) is 55.6 Å². The summed E-state index contributed by atoms with van der Waals surface area (Å²) in [5, 5.41) is 21.7. The van der Waals surface area contributed by atoms with Crippen molar-refractivity contribution in [2.75, 3.05) is 95.4 Å². The van der Waals surface area contributed by atoms with Gasteiger partial charge in [0.25, 0.3) is 11.8 Å². The minimum absolute atomic E-state index is 0.149. The Hall–Kier alpha value is -3.36. The smallest absolute Gasteiger partial charge is 0.266 e. The molecule has 4 aliphatic heterocycles. The number of anilines is 2. The van der Waals surface area contributed by atoms with E-state index < -0.39 is 41.4 Å². The van der Waals surface area contributed by atoms with Crippen molar-refractivity contribution < 1.29 is 36.8 Å². The molecule has 0 bridgehead atoms. The van der Waals surface area contributed by atoms with Gasteiger partial charge in [-0.25, -0.2) is 27.8 Å². The van der Waals surface area contributed by atoms with Gasteiger partial charge in [0.15, 0.2) is 9.49 Å². The lowest BCUT2D eigenvalue weighted by Gasteiger charge is -2.44. The van der Waals surface area contributed by atoms with E-state index in [9.17, 15) is 36.8 Å². The predicted molar refractivity (Wildman–Crippen MR) is 267 cm³/mol. The van der Waals surface area contributed by atoms with Gasteiger partial charge in [-0.1, -0.05) is 27.7 Å². The van der Waals surface area contributed by atoms with Crippen LogP contribution in [0.3, 0.4) is 0 Å². The number of carbonyl (C=O) groups excluding carboxylic acids is 2. The van der Waals surface area contributed by atoms with Gasteiger partial charge in [0.05, 0.1) is 0 Å². The summed E-state index contributed by atoms with van der Waals surface area (Å²) in [6, 6.07) is 0. The number of carbonyl (C=O) groups is 2. The van der Waals surface area contributed by atoms with Gasteiger partial charge >= 0.3 is 0 Å². The third-order valence-electron chi connectivity index (χ3n) is 15.7. The van der Waals surface area contributed by atoms with Crippen LogP contribution in [0, 0.1) is 67.2 Å². The molecule has 18 heteroatoms. The highest BCUT2D eigenvalue weighted by molar-refractivity contribution is 7.91. The Balaban J connectivity index is 0.000000251. The molecule has 16 nitrogen and oxygen atoms in total. The van der Waals surface area contributed by atoms with Crippen LogP contribution in [0.5, 0.6) is 0 Å². The van der Waals surface area contributed by atoms with Crippen molar-refractivity contribution in [2.24, 2.45) is 11.8 Å². The maximum Gasteiger partial charge on any atom is 0.266 e. The van der Waals surface area contributed by atoms with Crippen molar-refractivity contribution >= 4 is 43.2 Å². The van der Waals surface area contributed by atoms with Crippen LogP contribution >= 0.6 is 0 Å². The first kappa shape index (κ1) is 54.6. The summed E-state index contributed by atoms with van der Waals surface area (Å²) >= 11 is 0. The molecule has 6 rings (SSSR count). The minimum Gasteiger partial charge on any atom is -0.368 e. The molecule has 4 aliphatic rings. The SMILES string of the molecule is Cc1c(C)c(N2CCN(S(=O)(=O)C3(C(=O)NO)CCN(C)CC3)CC2)c(C)c(C)c1CC(C)C.Cc1c(C)c(N2CCN(S(=O)(=O)C3(C(=O)NO)CCNCC3)CC2)c(C)c(C)c1CC(C)C. The Bertz CT molecular complexity index is 2280. The van der Waals surface area contributed by atoms with Crippen molar-refractivity contribution in [3.8, 4) is 0 Å². The monoisotopic (exact) mass is 975 g/mol. The van der Waals surface area contributed by atoms with Gasteiger partial charge in [-0.15, -0.1) is 0 Å². The molecule has 0 saturated carbocycles. The van der Waals surface area contributed by atoms with Crippen LogP contribution in [-0.2, 0) is 42.5 Å². The van der Waals surface area contributed by atoms with Crippen molar-refractivity contribution in [3.63, 3.8) is 0 Å². The van der Waals surface area contributed by atoms with Crippen molar-refractivity contribution in [1.82, 2.24) is 29.8 Å².